The van der Waals surface area contributed by atoms with Crippen molar-refractivity contribution in [1.82, 2.24) is 4.98 Å². The summed E-state index contributed by atoms with van der Waals surface area (Å²) in [5.74, 6) is 0.203. The van der Waals surface area contributed by atoms with Gasteiger partial charge in [-0.3, -0.25) is 9.78 Å². The standard InChI is InChI=1S/C15H17NO/c1-15(2,3)9-14(17)13-6-4-5-11-10-16-8-7-12(11)13/h4-8,10H,9H2,1-3H3. The van der Waals surface area contributed by atoms with Crippen molar-refractivity contribution in [3.05, 3.63) is 42.2 Å². The van der Waals surface area contributed by atoms with Crippen LogP contribution in [0, 0.1) is 5.41 Å². The topological polar surface area (TPSA) is 30.0 Å². The second kappa shape index (κ2) is 4.28. The number of carbonyl (C=O) groups excluding carboxylic acids is 1. The van der Waals surface area contributed by atoms with Crippen molar-refractivity contribution in [3.63, 3.8) is 0 Å². The molecule has 0 saturated carbocycles. The van der Waals surface area contributed by atoms with Gasteiger partial charge in [0, 0.05) is 29.8 Å². The minimum Gasteiger partial charge on any atom is -0.294 e. The first-order valence-corrected chi connectivity index (χ1v) is 5.83. The summed E-state index contributed by atoms with van der Waals surface area (Å²) in [6.45, 7) is 6.24. The summed E-state index contributed by atoms with van der Waals surface area (Å²) in [6.07, 6.45) is 4.09. The molecule has 0 bridgehead atoms. The largest absolute Gasteiger partial charge is 0.294 e. The smallest absolute Gasteiger partial charge is 0.164 e. The maximum Gasteiger partial charge on any atom is 0.164 e. The van der Waals surface area contributed by atoms with Gasteiger partial charge in [-0.2, -0.15) is 0 Å². The molecule has 0 aliphatic heterocycles. The second-order valence-electron chi connectivity index (χ2n) is 5.56. The van der Waals surface area contributed by atoms with Gasteiger partial charge in [0.2, 0.25) is 0 Å². The average molecular weight is 227 g/mol. The fourth-order valence-corrected chi connectivity index (χ4v) is 1.94. The molecule has 2 nitrogen and oxygen atoms in total. The van der Waals surface area contributed by atoms with Gasteiger partial charge in [0.1, 0.15) is 0 Å². The summed E-state index contributed by atoms with van der Waals surface area (Å²) >= 11 is 0. The van der Waals surface area contributed by atoms with E-state index in [1.165, 1.54) is 0 Å². The Balaban J connectivity index is 2.45. The van der Waals surface area contributed by atoms with Crippen molar-refractivity contribution < 1.29 is 4.79 Å². The van der Waals surface area contributed by atoms with E-state index in [0.717, 1.165) is 16.3 Å². The lowest BCUT2D eigenvalue weighted by Gasteiger charge is -2.17. The number of pyridine rings is 1. The molecular formula is C15H17NO. The minimum absolute atomic E-state index is 0.0201. The van der Waals surface area contributed by atoms with Gasteiger partial charge in [-0.05, 0) is 16.9 Å². The summed E-state index contributed by atoms with van der Waals surface area (Å²) in [6, 6.07) is 7.71. The van der Waals surface area contributed by atoms with Crippen molar-refractivity contribution in [1.29, 1.82) is 0 Å². The molecule has 17 heavy (non-hydrogen) atoms. The second-order valence-corrected chi connectivity index (χ2v) is 5.56. The molecule has 2 rings (SSSR count). The van der Waals surface area contributed by atoms with Crippen LogP contribution in [0.3, 0.4) is 0 Å². The summed E-state index contributed by atoms with van der Waals surface area (Å²) in [5, 5.41) is 2.02. The normalized spacial score (nSPS) is 11.7. The van der Waals surface area contributed by atoms with Crippen LogP contribution in [0.2, 0.25) is 0 Å². The van der Waals surface area contributed by atoms with E-state index in [1.807, 2.05) is 24.3 Å². The van der Waals surface area contributed by atoms with Crippen LogP contribution >= 0.6 is 0 Å². The summed E-state index contributed by atoms with van der Waals surface area (Å²) in [4.78, 5) is 16.3. The first-order chi connectivity index (χ1) is 7.97. The third kappa shape index (κ3) is 2.70. The fraction of sp³-hybridized carbons (Fsp3) is 0.333. The molecule has 0 atom stereocenters. The van der Waals surface area contributed by atoms with Gasteiger partial charge in [0.05, 0.1) is 0 Å². The average Bonchev–Trinajstić information content (AvgIpc) is 2.26. The van der Waals surface area contributed by atoms with E-state index in [9.17, 15) is 4.79 Å². The van der Waals surface area contributed by atoms with Crippen LogP contribution in [-0.2, 0) is 0 Å². The van der Waals surface area contributed by atoms with E-state index in [1.54, 1.807) is 12.4 Å². The lowest BCUT2D eigenvalue weighted by Crippen LogP contribution is -2.13. The molecule has 2 heteroatoms. The van der Waals surface area contributed by atoms with Crippen LogP contribution in [0.1, 0.15) is 37.6 Å². The van der Waals surface area contributed by atoms with Crippen LogP contribution in [0.5, 0.6) is 0 Å². The highest BCUT2D eigenvalue weighted by Crippen LogP contribution is 2.25. The van der Waals surface area contributed by atoms with Gasteiger partial charge >= 0.3 is 0 Å². The molecule has 0 radical (unpaired) electrons. The number of benzene rings is 1. The first kappa shape index (κ1) is 11.8. The maximum absolute atomic E-state index is 12.3. The number of rotatable bonds is 2. The summed E-state index contributed by atoms with van der Waals surface area (Å²) < 4.78 is 0. The van der Waals surface area contributed by atoms with Gasteiger partial charge in [-0.15, -0.1) is 0 Å². The molecule has 2 aromatic rings. The minimum atomic E-state index is 0.0201. The molecule has 1 aromatic carbocycles. The van der Waals surface area contributed by atoms with E-state index in [2.05, 4.69) is 25.8 Å². The van der Waals surface area contributed by atoms with Crippen molar-refractivity contribution in [2.24, 2.45) is 5.41 Å². The quantitative estimate of drug-likeness (QED) is 0.729. The highest BCUT2D eigenvalue weighted by molar-refractivity contribution is 6.08. The van der Waals surface area contributed by atoms with E-state index >= 15 is 0 Å². The Morgan fingerprint density at radius 2 is 2.00 bits per heavy atom. The van der Waals surface area contributed by atoms with E-state index in [4.69, 9.17) is 0 Å². The zero-order chi connectivity index (χ0) is 12.5. The zero-order valence-electron chi connectivity index (χ0n) is 10.5. The van der Waals surface area contributed by atoms with Crippen LogP contribution in [0.15, 0.2) is 36.7 Å². The zero-order valence-corrected chi connectivity index (χ0v) is 10.5. The van der Waals surface area contributed by atoms with Crippen molar-refractivity contribution >= 4 is 16.6 Å². The highest BCUT2D eigenvalue weighted by Gasteiger charge is 2.18. The molecule has 0 saturated heterocycles. The molecule has 88 valence electrons. The first-order valence-electron chi connectivity index (χ1n) is 5.83. The fourth-order valence-electron chi connectivity index (χ4n) is 1.94. The van der Waals surface area contributed by atoms with E-state index in [0.29, 0.717) is 6.42 Å². The van der Waals surface area contributed by atoms with Crippen molar-refractivity contribution in [2.45, 2.75) is 27.2 Å². The molecule has 0 aliphatic rings. The van der Waals surface area contributed by atoms with Crippen LogP contribution < -0.4 is 0 Å². The number of ketones is 1. The number of nitrogens with zero attached hydrogens (tertiary/aromatic N) is 1. The molecule has 1 heterocycles. The number of hydrogen-bond donors (Lipinski definition) is 0. The Morgan fingerprint density at radius 1 is 1.24 bits per heavy atom. The van der Waals surface area contributed by atoms with Crippen molar-refractivity contribution in [3.8, 4) is 0 Å². The third-order valence-corrected chi connectivity index (χ3v) is 2.67. The van der Waals surface area contributed by atoms with Crippen LogP contribution in [-0.4, -0.2) is 10.8 Å². The van der Waals surface area contributed by atoms with Crippen LogP contribution in [0.4, 0.5) is 0 Å². The number of hydrogen-bond acceptors (Lipinski definition) is 2. The molecule has 0 spiro atoms. The van der Waals surface area contributed by atoms with E-state index in [-0.39, 0.29) is 11.2 Å². The molecule has 0 unspecified atom stereocenters. The Morgan fingerprint density at radius 3 is 2.71 bits per heavy atom. The predicted molar refractivity (Wildman–Crippen MR) is 70.1 cm³/mol. The highest BCUT2D eigenvalue weighted by atomic mass is 16.1. The van der Waals surface area contributed by atoms with Gasteiger partial charge < -0.3 is 0 Å². The number of carbonyl (C=O) groups is 1. The molecule has 0 N–H and O–H groups in total. The van der Waals surface area contributed by atoms with E-state index < -0.39 is 0 Å². The SMILES string of the molecule is CC(C)(C)CC(=O)c1cccc2cnccc12. The van der Waals surface area contributed by atoms with Gasteiger partial charge in [0.15, 0.2) is 5.78 Å². The van der Waals surface area contributed by atoms with Gasteiger partial charge in [-0.1, -0.05) is 39.0 Å². The summed E-state index contributed by atoms with van der Waals surface area (Å²) in [5.41, 5.74) is 0.826. The van der Waals surface area contributed by atoms with Crippen LogP contribution in [0.25, 0.3) is 10.8 Å². The molecule has 1 aromatic heterocycles. The van der Waals surface area contributed by atoms with Crippen molar-refractivity contribution in [2.75, 3.05) is 0 Å². The summed E-state index contributed by atoms with van der Waals surface area (Å²) in [7, 11) is 0. The maximum atomic E-state index is 12.3. The molecule has 0 aliphatic carbocycles. The third-order valence-electron chi connectivity index (χ3n) is 2.67. The number of aromatic nitrogens is 1. The van der Waals surface area contributed by atoms with Gasteiger partial charge in [-0.25, -0.2) is 0 Å². The Hall–Kier alpha value is -1.70. The predicted octanol–water partition coefficient (Wildman–Crippen LogP) is 3.85. The molecule has 0 fully saturated rings. The van der Waals surface area contributed by atoms with Gasteiger partial charge in [0.25, 0.3) is 0 Å². The lowest BCUT2D eigenvalue weighted by molar-refractivity contribution is 0.0941. The number of fused-ring (bicyclic) bond motifs is 1. The number of Topliss-reactive ketones (excluding diaryl/α,β-unsaturated/α-hetero) is 1. The Labute approximate surface area is 102 Å². The Bertz CT molecular complexity index is 547. The molecular weight excluding hydrogens is 210 g/mol. The Kier molecular flexibility index (Phi) is 2.97. The monoisotopic (exact) mass is 227 g/mol. The molecule has 0 amide bonds. The lowest BCUT2D eigenvalue weighted by atomic mass is 9.87.